The number of carbonyl (C=O) groups is 2. The Bertz CT molecular complexity index is 1410. The van der Waals surface area contributed by atoms with Crippen molar-refractivity contribution in [2.45, 2.75) is 112 Å². The zero-order chi connectivity index (χ0) is 30.8. The minimum Gasteiger partial charge on any atom is -0.490 e. The summed E-state index contributed by atoms with van der Waals surface area (Å²) >= 11 is 0. The number of hydrogen-bond donors (Lipinski definition) is 0. The second-order valence-corrected chi connectivity index (χ2v) is 13.2. The van der Waals surface area contributed by atoms with E-state index in [1.807, 2.05) is 34.6 Å². The van der Waals surface area contributed by atoms with Crippen LogP contribution in [0.25, 0.3) is 0 Å². The summed E-state index contributed by atoms with van der Waals surface area (Å²) in [6, 6.07) is 15.9. The van der Waals surface area contributed by atoms with E-state index in [-0.39, 0.29) is 17.3 Å². The number of ketones is 1. The molecule has 0 N–H and O–H groups in total. The molecule has 42 heavy (non-hydrogen) atoms. The van der Waals surface area contributed by atoms with E-state index in [0.717, 1.165) is 36.1 Å². The van der Waals surface area contributed by atoms with Crippen molar-refractivity contribution >= 4 is 11.8 Å². The molecule has 0 bridgehead atoms. The van der Waals surface area contributed by atoms with Crippen LogP contribution in [0.15, 0.2) is 48.5 Å². The highest BCUT2D eigenvalue weighted by Crippen LogP contribution is 2.48. The Morgan fingerprint density at radius 2 is 1.21 bits per heavy atom. The van der Waals surface area contributed by atoms with Crippen LogP contribution in [-0.2, 0) is 5.41 Å². The number of Topliss-reactive ketones (excluding diaryl/α,β-unsaturated/α-hetero) is 1. The molecule has 4 heteroatoms. The molecule has 4 rings (SSSR count). The molecule has 3 aromatic rings. The van der Waals surface area contributed by atoms with Crippen molar-refractivity contribution < 1.29 is 19.1 Å². The topological polar surface area (TPSA) is 52.6 Å². The SMILES string of the molecule is CCC(C)(C)C(=O)c1ccc(C(=O)Oc2c(C)cc(C3(c4cc(C)c(OC(C)C)c(C)c4)CCCCC3)cc2C)cc1. The molecule has 0 unspecified atom stereocenters. The lowest BCUT2D eigenvalue weighted by Gasteiger charge is -2.40. The number of hydrogen-bond acceptors (Lipinski definition) is 4. The Balaban J connectivity index is 1.65. The Hall–Kier alpha value is -3.40. The summed E-state index contributed by atoms with van der Waals surface area (Å²) < 4.78 is 12.1. The van der Waals surface area contributed by atoms with E-state index >= 15 is 0 Å². The normalized spacial score (nSPS) is 15.0. The summed E-state index contributed by atoms with van der Waals surface area (Å²) in [6.45, 7) is 18.4. The molecule has 0 atom stereocenters. The average Bonchev–Trinajstić information content (AvgIpc) is 2.96. The van der Waals surface area contributed by atoms with Gasteiger partial charge in [0, 0.05) is 16.4 Å². The average molecular weight is 569 g/mol. The van der Waals surface area contributed by atoms with Gasteiger partial charge in [-0.15, -0.1) is 0 Å². The number of carbonyl (C=O) groups excluding carboxylic acids is 2. The summed E-state index contributed by atoms with van der Waals surface area (Å²) in [5.41, 5.74) is 7.41. The fourth-order valence-corrected chi connectivity index (χ4v) is 6.40. The predicted octanol–water partition coefficient (Wildman–Crippen LogP) is 9.80. The van der Waals surface area contributed by atoms with Gasteiger partial charge in [0.25, 0.3) is 0 Å². The third kappa shape index (κ3) is 6.33. The summed E-state index contributed by atoms with van der Waals surface area (Å²) in [5.74, 6) is 1.26. The van der Waals surface area contributed by atoms with E-state index in [4.69, 9.17) is 9.47 Å². The van der Waals surface area contributed by atoms with Gasteiger partial charge < -0.3 is 9.47 Å². The summed E-state index contributed by atoms with van der Waals surface area (Å²) in [5, 5.41) is 0. The molecule has 1 fully saturated rings. The highest BCUT2D eigenvalue weighted by atomic mass is 16.5. The number of aryl methyl sites for hydroxylation is 4. The highest BCUT2D eigenvalue weighted by Gasteiger charge is 2.37. The van der Waals surface area contributed by atoms with Crippen molar-refractivity contribution in [2.75, 3.05) is 0 Å². The van der Waals surface area contributed by atoms with Crippen LogP contribution in [0.3, 0.4) is 0 Å². The smallest absolute Gasteiger partial charge is 0.343 e. The number of esters is 1. The minimum absolute atomic E-state index is 0.0799. The molecule has 224 valence electrons. The van der Waals surface area contributed by atoms with Crippen molar-refractivity contribution in [3.63, 3.8) is 0 Å². The van der Waals surface area contributed by atoms with Crippen LogP contribution in [0.4, 0.5) is 0 Å². The quantitative estimate of drug-likeness (QED) is 0.146. The highest BCUT2D eigenvalue weighted by molar-refractivity contribution is 6.01. The lowest BCUT2D eigenvalue weighted by molar-refractivity contribution is 0.0731. The molecule has 4 nitrogen and oxygen atoms in total. The van der Waals surface area contributed by atoms with Gasteiger partial charge in [-0.05, 0) is 106 Å². The molecule has 0 heterocycles. The zero-order valence-corrected chi connectivity index (χ0v) is 27.1. The van der Waals surface area contributed by atoms with Gasteiger partial charge in [-0.1, -0.05) is 76.4 Å². The van der Waals surface area contributed by atoms with Crippen LogP contribution in [-0.4, -0.2) is 17.9 Å². The number of ether oxygens (including phenoxy) is 2. The molecule has 0 saturated heterocycles. The molecule has 1 aliphatic rings. The van der Waals surface area contributed by atoms with Gasteiger partial charge in [0.1, 0.15) is 11.5 Å². The van der Waals surface area contributed by atoms with Crippen molar-refractivity contribution in [3.8, 4) is 11.5 Å². The van der Waals surface area contributed by atoms with Crippen molar-refractivity contribution in [3.05, 3.63) is 93.0 Å². The zero-order valence-electron chi connectivity index (χ0n) is 27.1. The first kappa shape index (κ1) is 31.5. The first-order chi connectivity index (χ1) is 19.8. The van der Waals surface area contributed by atoms with E-state index in [9.17, 15) is 9.59 Å². The Morgan fingerprint density at radius 3 is 1.67 bits per heavy atom. The van der Waals surface area contributed by atoms with Crippen molar-refractivity contribution in [1.82, 2.24) is 0 Å². The number of benzene rings is 3. The predicted molar refractivity (Wildman–Crippen MR) is 171 cm³/mol. The lowest BCUT2D eigenvalue weighted by Crippen LogP contribution is -2.31. The molecule has 0 spiro atoms. The molecular formula is C38H48O4. The maximum atomic E-state index is 13.2. The Kier molecular flexibility index (Phi) is 9.35. The van der Waals surface area contributed by atoms with Gasteiger partial charge in [0.2, 0.25) is 0 Å². The van der Waals surface area contributed by atoms with Gasteiger partial charge in [-0.3, -0.25) is 4.79 Å². The standard InChI is InChI=1S/C38H48O4/c1-10-37(8,9)35(39)29-14-16-30(17-15-29)36(40)42-34-27(6)22-32(23-28(34)7)38(18-12-11-13-19-38)31-20-25(4)33(26(5)21-31)41-24(2)3/h14-17,20-24H,10-13,18-19H2,1-9H3. The maximum Gasteiger partial charge on any atom is 0.343 e. The summed E-state index contributed by atoms with van der Waals surface area (Å²) in [4.78, 5) is 26.0. The second-order valence-electron chi connectivity index (χ2n) is 13.2. The van der Waals surface area contributed by atoms with Crippen LogP contribution >= 0.6 is 0 Å². The van der Waals surface area contributed by atoms with Crippen molar-refractivity contribution in [1.29, 1.82) is 0 Å². The Morgan fingerprint density at radius 1 is 0.762 bits per heavy atom. The van der Waals surface area contributed by atoms with Gasteiger partial charge >= 0.3 is 5.97 Å². The first-order valence-electron chi connectivity index (χ1n) is 15.6. The summed E-state index contributed by atoms with van der Waals surface area (Å²) in [7, 11) is 0. The van der Waals surface area contributed by atoms with Gasteiger partial charge in [-0.2, -0.15) is 0 Å². The third-order valence-electron chi connectivity index (χ3n) is 9.16. The van der Waals surface area contributed by atoms with E-state index in [0.29, 0.717) is 16.9 Å². The molecule has 3 aromatic carbocycles. The van der Waals surface area contributed by atoms with Crippen LogP contribution in [0, 0.1) is 33.1 Å². The van der Waals surface area contributed by atoms with Crippen LogP contribution in [0.5, 0.6) is 11.5 Å². The van der Waals surface area contributed by atoms with E-state index in [1.165, 1.54) is 41.5 Å². The molecule has 0 amide bonds. The molecule has 0 aromatic heterocycles. The lowest BCUT2D eigenvalue weighted by atomic mass is 9.64. The molecule has 1 saturated carbocycles. The molecule has 0 aliphatic heterocycles. The van der Waals surface area contributed by atoms with Crippen molar-refractivity contribution in [2.24, 2.45) is 5.41 Å². The molecule has 0 radical (unpaired) electrons. The minimum atomic E-state index is -0.436. The van der Waals surface area contributed by atoms with Crippen LogP contribution < -0.4 is 9.47 Å². The van der Waals surface area contributed by atoms with Gasteiger partial charge in [-0.25, -0.2) is 4.79 Å². The van der Waals surface area contributed by atoms with Gasteiger partial charge in [0.05, 0.1) is 11.7 Å². The Labute approximate surface area is 252 Å². The number of rotatable bonds is 9. The van der Waals surface area contributed by atoms with Crippen LogP contribution in [0.1, 0.15) is 127 Å². The van der Waals surface area contributed by atoms with E-state index in [1.54, 1.807) is 24.3 Å². The molecular weight excluding hydrogens is 520 g/mol. The largest absolute Gasteiger partial charge is 0.490 e. The first-order valence-corrected chi connectivity index (χ1v) is 15.6. The monoisotopic (exact) mass is 568 g/mol. The van der Waals surface area contributed by atoms with Crippen LogP contribution in [0.2, 0.25) is 0 Å². The third-order valence-corrected chi connectivity index (χ3v) is 9.16. The summed E-state index contributed by atoms with van der Waals surface area (Å²) in [6.07, 6.45) is 6.69. The van der Waals surface area contributed by atoms with E-state index < -0.39 is 11.4 Å². The fraction of sp³-hybridized carbons (Fsp3) is 0.474. The van der Waals surface area contributed by atoms with Gasteiger partial charge in [0.15, 0.2) is 5.78 Å². The van der Waals surface area contributed by atoms with E-state index in [2.05, 4.69) is 52.0 Å². The fourth-order valence-electron chi connectivity index (χ4n) is 6.40. The maximum absolute atomic E-state index is 13.2. The second kappa shape index (κ2) is 12.5. The molecule has 1 aliphatic carbocycles.